The van der Waals surface area contributed by atoms with Crippen molar-refractivity contribution in [3.05, 3.63) is 12.8 Å². The minimum Gasteiger partial charge on any atom is -0.857 e. The predicted octanol–water partition coefficient (Wildman–Crippen LogP) is 0.983. The van der Waals surface area contributed by atoms with Crippen molar-refractivity contribution < 1.29 is 9.59 Å². The highest BCUT2D eigenvalue weighted by Gasteiger charge is 2.14. The predicted molar refractivity (Wildman–Crippen MR) is 48.0 cm³/mol. The zero-order valence-electron chi connectivity index (χ0n) is 8.26. The quantitative estimate of drug-likeness (QED) is 0.561. The Kier molecular flexibility index (Phi) is 9.36. The molecule has 0 aliphatic heterocycles. The van der Waals surface area contributed by atoms with Crippen molar-refractivity contribution in [2.24, 2.45) is 0 Å². The van der Waals surface area contributed by atoms with E-state index in [4.69, 9.17) is 5.11 Å². The molecule has 2 nitrogen and oxygen atoms in total. The second-order valence-electron chi connectivity index (χ2n) is 2.35. The summed E-state index contributed by atoms with van der Waals surface area (Å²) in [5.41, 5.74) is 0. The Hall–Kier alpha value is -0.340. The average molecular weight is 159 g/mol. The zero-order valence-corrected chi connectivity index (χ0v) is 8.26. The fraction of sp³-hybridized carbons (Fsp3) is 0.778. The van der Waals surface area contributed by atoms with Crippen LogP contribution in [0.15, 0.2) is 12.8 Å². The smallest absolute Gasteiger partial charge is 0.0885 e. The molecule has 0 aromatic carbocycles. The summed E-state index contributed by atoms with van der Waals surface area (Å²) in [4.78, 5) is 0. The molecule has 0 atom stereocenters. The van der Waals surface area contributed by atoms with Crippen LogP contribution in [0.3, 0.4) is 0 Å². The lowest BCUT2D eigenvalue weighted by molar-refractivity contribution is -0.873. The Balaban J connectivity index is 0. The lowest BCUT2D eigenvalue weighted by Gasteiger charge is -2.30. The summed E-state index contributed by atoms with van der Waals surface area (Å²) in [5, 5.41) is 8.25. The van der Waals surface area contributed by atoms with Gasteiger partial charge in [0, 0.05) is 0 Å². The van der Waals surface area contributed by atoms with Crippen LogP contribution in [0, 0.1) is 0 Å². The maximum Gasteiger partial charge on any atom is 0.0885 e. The van der Waals surface area contributed by atoms with Crippen LogP contribution in [0.25, 0.3) is 0 Å². The number of hydrogen-bond donors (Lipinski definition) is 0. The van der Waals surface area contributed by atoms with Crippen LogP contribution >= 0.6 is 0 Å². The van der Waals surface area contributed by atoms with E-state index in [0.29, 0.717) is 0 Å². The molecule has 0 fully saturated rings. The summed E-state index contributed by atoms with van der Waals surface area (Å²) in [6, 6.07) is 0. The molecule has 2 heteroatoms. The minimum absolute atomic E-state index is 0.750. The Labute approximate surface area is 70.7 Å². The van der Waals surface area contributed by atoms with Gasteiger partial charge in [-0.1, -0.05) is 0 Å². The second-order valence-corrected chi connectivity index (χ2v) is 2.35. The molecule has 0 unspecified atom stereocenters. The number of rotatable bonds is 4. The maximum atomic E-state index is 8.25. The lowest BCUT2D eigenvalue weighted by atomic mass is 10.4. The summed E-state index contributed by atoms with van der Waals surface area (Å²) < 4.78 is 1.04. The van der Waals surface area contributed by atoms with E-state index in [1.165, 1.54) is 0 Å². The Bertz CT molecular complexity index is 79.3. The Morgan fingerprint density at radius 2 is 1.36 bits per heavy atom. The van der Waals surface area contributed by atoms with Crippen LogP contribution < -0.4 is 5.11 Å². The third-order valence-electron chi connectivity index (χ3n) is 2.28. The fourth-order valence-corrected chi connectivity index (χ4v) is 1.06. The van der Waals surface area contributed by atoms with E-state index in [1.807, 2.05) is 6.20 Å². The van der Waals surface area contributed by atoms with E-state index in [0.717, 1.165) is 31.2 Å². The van der Waals surface area contributed by atoms with Crippen molar-refractivity contribution in [3.8, 4) is 0 Å². The van der Waals surface area contributed by atoms with Crippen molar-refractivity contribution in [1.29, 1.82) is 0 Å². The van der Waals surface area contributed by atoms with Crippen LogP contribution in [-0.2, 0) is 0 Å². The van der Waals surface area contributed by atoms with Gasteiger partial charge < -0.3 is 5.11 Å². The number of quaternary nitrogens is 1. The van der Waals surface area contributed by atoms with E-state index in [1.54, 1.807) is 0 Å². The van der Waals surface area contributed by atoms with E-state index in [2.05, 4.69) is 27.4 Å². The molecule has 0 radical (unpaired) electrons. The first kappa shape index (κ1) is 13.3. The van der Waals surface area contributed by atoms with Gasteiger partial charge in [-0.3, -0.25) is 4.48 Å². The third kappa shape index (κ3) is 4.17. The normalized spacial score (nSPS) is 9.91. The SMILES string of the molecule is C=C[N+](CC)(CC)CC.C[O-]. The van der Waals surface area contributed by atoms with Gasteiger partial charge in [-0.15, -0.1) is 0 Å². The van der Waals surface area contributed by atoms with Crippen molar-refractivity contribution in [2.75, 3.05) is 26.7 Å². The lowest BCUT2D eigenvalue weighted by Crippen LogP contribution is -2.41. The summed E-state index contributed by atoms with van der Waals surface area (Å²) in [5.74, 6) is 0. The molecule has 68 valence electrons. The van der Waals surface area contributed by atoms with Gasteiger partial charge in [-0.05, 0) is 27.4 Å². The number of nitrogens with zero attached hydrogens (tertiary/aromatic N) is 1. The average Bonchev–Trinajstić information content (AvgIpc) is 2.13. The van der Waals surface area contributed by atoms with Crippen LogP contribution in [0.4, 0.5) is 0 Å². The van der Waals surface area contributed by atoms with Gasteiger partial charge >= 0.3 is 0 Å². The van der Waals surface area contributed by atoms with E-state index < -0.39 is 0 Å². The first-order valence-electron chi connectivity index (χ1n) is 4.14. The summed E-state index contributed by atoms with van der Waals surface area (Å²) in [6.45, 7) is 13.9. The third-order valence-corrected chi connectivity index (χ3v) is 2.28. The first-order valence-corrected chi connectivity index (χ1v) is 4.14. The fourth-order valence-electron chi connectivity index (χ4n) is 1.06. The van der Waals surface area contributed by atoms with Crippen LogP contribution in [-0.4, -0.2) is 31.2 Å². The van der Waals surface area contributed by atoms with Gasteiger partial charge in [0.15, 0.2) is 0 Å². The Morgan fingerprint density at radius 3 is 1.36 bits per heavy atom. The highest BCUT2D eigenvalue weighted by atomic mass is 16.2. The molecular weight excluding hydrogens is 138 g/mol. The van der Waals surface area contributed by atoms with E-state index >= 15 is 0 Å². The van der Waals surface area contributed by atoms with Gasteiger partial charge in [0.2, 0.25) is 0 Å². The van der Waals surface area contributed by atoms with Gasteiger partial charge in [0.25, 0.3) is 0 Å². The van der Waals surface area contributed by atoms with Crippen molar-refractivity contribution in [1.82, 2.24) is 0 Å². The highest BCUT2D eigenvalue weighted by molar-refractivity contribution is 4.53. The molecule has 0 heterocycles. The van der Waals surface area contributed by atoms with Crippen molar-refractivity contribution in [3.63, 3.8) is 0 Å². The van der Waals surface area contributed by atoms with Gasteiger partial charge in [0.1, 0.15) is 0 Å². The molecule has 11 heavy (non-hydrogen) atoms. The topological polar surface area (TPSA) is 23.1 Å². The number of hydrogen-bond acceptors (Lipinski definition) is 1. The molecule has 0 saturated heterocycles. The maximum absolute atomic E-state index is 8.25. The van der Waals surface area contributed by atoms with E-state index in [-0.39, 0.29) is 0 Å². The van der Waals surface area contributed by atoms with Crippen LogP contribution in [0.5, 0.6) is 0 Å². The molecule has 0 amide bonds. The van der Waals surface area contributed by atoms with Crippen molar-refractivity contribution in [2.45, 2.75) is 20.8 Å². The molecule has 0 aliphatic rings. The van der Waals surface area contributed by atoms with Crippen LogP contribution in [0.2, 0.25) is 0 Å². The molecule has 0 aromatic heterocycles. The molecule has 0 saturated carbocycles. The first-order chi connectivity index (χ1) is 5.24. The van der Waals surface area contributed by atoms with Crippen LogP contribution in [0.1, 0.15) is 20.8 Å². The molecule has 0 N–H and O–H groups in total. The Morgan fingerprint density at radius 1 is 1.09 bits per heavy atom. The zero-order chi connectivity index (χ0) is 9.33. The largest absolute Gasteiger partial charge is 0.857 e. The van der Waals surface area contributed by atoms with Gasteiger partial charge in [-0.25, -0.2) is 0 Å². The second kappa shape index (κ2) is 7.76. The molecule has 0 rings (SSSR count). The minimum atomic E-state index is 0.750. The van der Waals surface area contributed by atoms with Gasteiger partial charge in [-0.2, -0.15) is 7.11 Å². The summed E-state index contributed by atoms with van der Waals surface area (Å²) in [6.07, 6.45) is 2.04. The summed E-state index contributed by atoms with van der Waals surface area (Å²) in [7, 11) is 0.750. The molecule has 0 aromatic rings. The molecule has 0 bridgehead atoms. The molecule has 0 aliphatic carbocycles. The standard InChI is InChI=1S/C8H18N.CH3O/c1-5-9(6-2,7-3)8-4;1-2/h5H,1,6-8H2,2-4H3;1H3/q+1;-1. The highest BCUT2D eigenvalue weighted by Crippen LogP contribution is 2.04. The van der Waals surface area contributed by atoms with Gasteiger partial charge in [0.05, 0.1) is 25.8 Å². The van der Waals surface area contributed by atoms with Crippen molar-refractivity contribution >= 4 is 0 Å². The molecular formula is C9H21NO. The molecule has 0 spiro atoms. The van der Waals surface area contributed by atoms with E-state index in [9.17, 15) is 0 Å². The summed E-state index contributed by atoms with van der Waals surface area (Å²) >= 11 is 0. The monoisotopic (exact) mass is 159 g/mol.